The second kappa shape index (κ2) is 5.17. The predicted molar refractivity (Wildman–Crippen MR) is 68.5 cm³/mol. The molecule has 2 rings (SSSR count). The molecule has 5 heteroatoms. The first-order chi connectivity index (χ1) is 9.39. The molecule has 0 aliphatic carbocycles. The van der Waals surface area contributed by atoms with Gasteiger partial charge >= 0.3 is 6.18 Å². The Hall–Kier alpha value is -2.01. The minimum atomic E-state index is -4.83. The van der Waals surface area contributed by atoms with Crippen molar-refractivity contribution in [1.29, 1.82) is 0 Å². The molecule has 0 radical (unpaired) electrons. The minimum Gasteiger partial charge on any atom is -0.497 e. The predicted octanol–water partition coefficient (Wildman–Crippen LogP) is 3.49. The fourth-order valence-corrected chi connectivity index (χ4v) is 2.01. The van der Waals surface area contributed by atoms with Crippen molar-refractivity contribution in [1.82, 2.24) is 0 Å². The van der Waals surface area contributed by atoms with Crippen molar-refractivity contribution in [2.75, 3.05) is 7.11 Å². The largest absolute Gasteiger partial charge is 0.497 e. The topological polar surface area (TPSA) is 29.5 Å². The molecular weight excluding hydrogens is 268 g/mol. The maximum absolute atomic E-state index is 13.4. The molecule has 0 aromatic heterocycles. The van der Waals surface area contributed by atoms with Gasteiger partial charge in [0.2, 0.25) is 5.60 Å². The maximum Gasteiger partial charge on any atom is 0.425 e. The second-order valence-electron chi connectivity index (χ2n) is 4.30. The summed E-state index contributed by atoms with van der Waals surface area (Å²) < 4.78 is 45.0. The van der Waals surface area contributed by atoms with Gasteiger partial charge in [-0.1, -0.05) is 42.5 Å². The smallest absolute Gasteiger partial charge is 0.425 e. The number of alkyl halides is 3. The van der Waals surface area contributed by atoms with Crippen molar-refractivity contribution in [3.8, 4) is 5.75 Å². The normalized spacial score (nSPS) is 14.7. The number of halogens is 3. The summed E-state index contributed by atoms with van der Waals surface area (Å²) in [6, 6.07) is 12.2. The Morgan fingerprint density at radius 1 is 0.850 bits per heavy atom. The summed E-state index contributed by atoms with van der Waals surface area (Å²) in [6.07, 6.45) is -4.83. The van der Waals surface area contributed by atoms with Crippen LogP contribution in [0.3, 0.4) is 0 Å². The number of methoxy groups -OCH3 is 1. The Labute approximate surface area is 114 Å². The van der Waals surface area contributed by atoms with Crippen LogP contribution in [0.4, 0.5) is 13.2 Å². The van der Waals surface area contributed by atoms with E-state index in [1.54, 1.807) is 6.07 Å². The first kappa shape index (κ1) is 14.4. The molecule has 20 heavy (non-hydrogen) atoms. The highest BCUT2D eigenvalue weighted by Crippen LogP contribution is 2.44. The summed E-state index contributed by atoms with van der Waals surface area (Å²) in [5.41, 5.74) is -3.52. The van der Waals surface area contributed by atoms with Crippen molar-refractivity contribution in [3.63, 3.8) is 0 Å². The van der Waals surface area contributed by atoms with Gasteiger partial charge < -0.3 is 9.84 Å². The highest BCUT2D eigenvalue weighted by Gasteiger charge is 2.56. The molecule has 2 aromatic rings. The van der Waals surface area contributed by atoms with Gasteiger partial charge in [0, 0.05) is 0 Å². The highest BCUT2D eigenvalue weighted by atomic mass is 19.3. The van der Waals surface area contributed by atoms with Crippen molar-refractivity contribution in [3.05, 3.63) is 65.7 Å². The summed E-state index contributed by atoms with van der Waals surface area (Å²) in [5, 5.41) is 10.3. The number of aliphatic hydroxyl groups is 1. The summed E-state index contributed by atoms with van der Waals surface area (Å²) in [6.45, 7) is 0. The number of rotatable bonds is 3. The number of benzene rings is 2. The van der Waals surface area contributed by atoms with E-state index in [9.17, 15) is 18.3 Å². The van der Waals surface area contributed by atoms with Gasteiger partial charge in [0.15, 0.2) is 0 Å². The van der Waals surface area contributed by atoms with E-state index in [1.165, 1.54) is 55.6 Å². The zero-order chi connectivity index (χ0) is 14.8. The lowest BCUT2D eigenvalue weighted by Crippen LogP contribution is -2.43. The average molecular weight is 281 g/mol. The standard InChI is InChI=1S/C15H13F3O2/c1-20-13-9-7-12(8-10-13)14(19,15(16,17)18)11-5-3-2-4-6-11/h2-10,19H,1H3/i16-1. The van der Waals surface area contributed by atoms with E-state index in [0.717, 1.165) is 0 Å². The zero-order valence-corrected chi connectivity index (χ0v) is 10.7. The van der Waals surface area contributed by atoms with Gasteiger partial charge in [0.1, 0.15) is 5.75 Å². The van der Waals surface area contributed by atoms with Crippen LogP contribution in [-0.2, 0) is 5.60 Å². The number of hydrogen-bond donors (Lipinski definition) is 1. The van der Waals surface area contributed by atoms with Gasteiger partial charge in [-0.05, 0) is 23.3 Å². The van der Waals surface area contributed by atoms with Crippen LogP contribution in [0, 0.1) is 0 Å². The fraction of sp³-hybridized carbons (Fsp3) is 0.200. The molecule has 0 heterocycles. The van der Waals surface area contributed by atoms with Crippen molar-refractivity contribution in [2.24, 2.45) is 0 Å². The van der Waals surface area contributed by atoms with E-state index in [0.29, 0.717) is 5.75 Å². The second-order valence-corrected chi connectivity index (χ2v) is 4.30. The van der Waals surface area contributed by atoms with Gasteiger partial charge in [-0.25, -0.2) is 0 Å². The van der Waals surface area contributed by atoms with Crippen LogP contribution >= 0.6 is 0 Å². The lowest BCUT2D eigenvalue weighted by atomic mass is 9.85. The van der Waals surface area contributed by atoms with E-state index >= 15 is 0 Å². The van der Waals surface area contributed by atoms with Crippen LogP contribution in [0.5, 0.6) is 5.75 Å². The van der Waals surface area contributed by atoms with Crippen molar-refractivity contribution in [2.45, 2.75) is 11.8 Å². The molecule has 0 bridgehead atoms. The lowest BCUT2D eigenvalue weighted by molar-refractivity contribution is -0.248. The lowest BCUT2D eigenvalue weighted by Gasteiger charge is -2.31. The monoisotopic (exact) mass is 281 g/mol. The fourth-order valence-electron chi connectivity index (χ4n) is 2.01. The molecule has 1 atom stereocenters. The molecule has 1 N–H and O–H groups in total. The molecule has 0 aliphatic heterocycles. The Morgan fingerprint density at radius 2 is 1.35 bits per heavy atom. The zero-order valence-electron chi connectivity index (χ0n) is 10.7. The first-order valence-electron chi connectivity index (χ1n) is 5.88. The van der Waals surface area contributed by atoms with Gasteiger partial charge in [-0.3, -0.25) is 0 Å². The van der Waals surface area contributed by atoms with Gasteiger partial charge in [0.05, 0.1) is 7.11 Å². The number of ether oxygens (including phenoxy) is 1. The number of hydrogen-bond acceptors (Lipinski definition) is 2. The molecule has 106 valence electrons. The Balaban J connectivity index is 2.58. The molecule has 0 amide bonds. The molecule has 0 fully saturated rings. The van der Waals surface area contributed by atoms with Crippen molar-refractivity contribution >= 4 is 0 Å². The summed E-state index contributed by atoms with van der Waals surface area (Å²) >= 11 is 0. The summed E-state index contributed by atoms with van der Waals surface area (Å²) in [7, 11) is 1.42. The van der Waals surface area contributed by atoms with Crippen LogP contribution in [-0.4, -0.2) is 18.4 Å². The van der Waals surface area contributed by atoms with E-state index in [-0.39, 0.29) is 11.1 Å². The van der Waals surface area contributed by atoms with Gasteiger partial charge in [0.25, 0.3) is 0 Å². The molecule has 0 spiro atoms. The van der Waals surface area contributed by atoms with Crippen LogP contribution in [0.1, 0.15) is 11.1 Å². The molecule has 2 nitrogen and oxygen atoms in total. The Kier molecular flexibility index (Phi) is 3.72. The van der Waals surface area contributed by atoms with Crippen LogP contribution in [0.25, 0.3) is 0 Å². The SMILES string of the molecule is COc1ccc(C(O)(c2ccccc2)C(F)(F)[18F])cc1. The molecule has 2 aromatic carbocycles. The van der Waals surface area contributed by atoms with Crippen LogP contribution < -0.4 is 4.74 Å². The van der Waals surface area contributed by atoms with Gasteiger partial charge in [-0.2, -0.15) is 13.2 Å². The van der Waals surface area contributed by atoms with E-state index in [4.69, 9.17) is 4.74 Å². The van der Waals surface area contributed by atoms with Crippen LogP contribution in [0.15, 0.2) is 54.6 Å². The average Bonchev–Trinajstić information content (AvgIpc) is 2.46. The van der Waals surface area contributed by atoms with E-state index < -0.39 is 11.8 Å². The molecule has 1 unspecified atom stereocenters. The third-order valence-electron chi connectivity index (χ3n) is 3.11. The highest BCUT2D eigenvalue weighted by molar-refractivity contribution is 5.40. The van der Waals surface area contributed by atoms with E-state index in [1.807, 2.05) is 0 Å². The Morgan fingerprint density at radius 3 is 1.80 bits per heavy atom. The first-order valence-corrected chi connectivity index (χ1v) is 5.88. The molecule has 0 saturated heterocycles. The van der Waals surface area contributed by atoms with Gasteiger partial charge in [-0.15, -0.1) is 0 Å². The van der Waals surface area contributed by atoms with E-state index in [2.05, 4.69) is 0 Å². The molecular formula is C15H13F3O2. The third-order valence-corrected chi connectivity index (χ3v) is 3.11. The van der Waals surface area contributed by atoms with Crippen molar-refractivity contribution < 1.29 is 23.0 Å². The third kappa shape index (κ3) is 2.36. The summed E-state index contributed by atoms with van der Waals surface area (Å²) in [4.78, 5) is 0. The quantitative estimate of drug-likeness (QED) is 0.933. The summed E-state index contributed by atoms with van der Waals surface area (Å²) in [5.74, 6) is 0.423. The van der Waals surface area contributed by atoms with Crippen LogP contribution in [0.2, 0.25) is 0 Å². The molecule has 0 aliphatic rings. The minimum absolute atomic E-state index is 0.224. The maximum atomic E-state index is 13.4. The Bertz CT molecular complexity index is 564. The molecule has 0 saturated carbocycles.